The summed E-state index contributed by atoms with van der Waals surface area (Å²) in [6.07, 6.45) is 1.76. The van der Waals surface area contributed by atoms with Crippen molar-refractivity contribution < 1.29 is 4.42 Å². The summed E-state index contributed by atoms with van der Waals surface area (Å²) in [5.74, 6) is 1.01. The molecule has 0 bridgehead atoms. The summed E-state index contributed by atoms with van der Waals surface area (Å²) in [4.78, 5) is 2.31. The van der Waals surface area contributed by atoms with Gasteiger partial charge in [0.25, 0.3) is 0 Å². The molecule has 1 heterocycles. The predicted octanol–water partition coefficient (Wildman–Crippen LogP) is 3.72. The Bertz CT molecular complexity index is 560. The van der Waals surface area contributed by atoms with Gasteiger partial charge in [-0.25, -0.2) is 0 Å². The van der Waals surface area contributed by atoms with Crippen molar-refractivity contribution in [2.24, 2.45) is 0 Å². The van der Waals surface area contributed by atoms with Crippen molar-refractivity contribution in [2.45, 2.75) is 46.4 Å². The standard InChI is InChI=1S/C18H26N2O/c1-14(2)19-11-16-6-5-7-17(10-16)12-20(4)13-18-8-9-21-15(18)3/h5-10,14,19H,11-13H2,1-4H3. The van der Waals surface area contributed by atoms with Gasteiger partial charge in [-0.1, -0.05) is 38.1 Å². The molecule has 3 nitrogen and oxygen atoms in total. The maximum atomic E-state index is 5.35. The average Bonchev–Trinajstić information content (AvgIpc) is 2.82. The van der Waals surface area contributed by atoms with E-state index in [1.807, 2.05) is 6.92 Å². The first-order valence-corrected chi connectivity index (χ1v) is 7.57. The molecule has 0 saturated carbocycles. The molecule has 1 N–H and O–H groups in total. The van der Waals surface area contributed by atoms with Gasteiger partial charge >= 0.3 is 0 Å². The van der Waals surface area contributed by atoms with E-state index in [1.165, 1.54) is 16.7 Å². The van der Waals surface area contributed by atoms with Crippen molar-refractivity contribution >= 4 is 0 Å². The second kappa shape index (κ2) is 7.43. The lowest BCUT2D eigenvalue weighted by atomic mass is 10.1. The van der Waals surface area contributed by atoms with E-state index in [0.29, 0.717) is 6.04 Å². The van der Waals surface area contributed by atoms with Crippen LogP contribution in [0.3, 0.4) is 0 Å². The van der Waals surface area contributed by atoms with Gasteiger partial charge in [0.2, 0.25) is 0 Å². The molecule has 3 heteroatoms. The van der Waals surface area contributed by atoms with Crippen molar-refractivity contribution in [1.29, 1.82) is 0 Å². The molecule has 0 atom stereocenters. The molecule has 0 radical (unpaired) electrons. The Morgan fingerprint density at radius 2 is 1.90 bits per heavy atom. The summed E-state index contributed by atoms with van der Waals surface area (Å²) in [7, 11) is 2.14. The van der Waals surface area contributed by atoms with E-state index in [0.717, 1.165) is 25.4 Å². The fourth-order valence-electron chi connectivity index (χ4n) is 2.39. The molecule has 0 aliphatic carbocycles. The number of nitrogens with one attached hydrogen (secondary N) is 1. The summed E-state index contributed by atoms with van der Waals surface area (Å²) < 4.78 is 5.35. The molecule has 1 aromatic heterocycles. The van der Waals surface area contributed by atoms with Crippen LogP contribution in [0.5, 0.6) is 0 Å². The van der Waals surface area contributed by atoms with Gasteiger partial charge in [0, 0.05) is 31.2 Å². The van der Waals surface area contributed by atoms with Crippen molar-refractivity contribution in [3.8, 4) is 0 Å². The van der Waals surface area contributed by atoms with Crippen LogP contribution in [0.4, 0.5) is 0 Å². The van der Waals surface area contributed by atoms with Gasteiger partial charge in [-0.3, -0.25) is 4.90 Å². The van der Waals surface area contributed by atoms with Crippen molar-refractivity contribution in [3.05, 3.63) is 59.0 Å². The number of nitrogens with zero attached hydrogens (tertiary/aromatic N) is 1. The number of hydrogen-bond acceptors (Lipinski definition) is 3. The molecule has 1 aromatic carbocycles. The highest BCUT2D eigenvalue weighted by Gasteiger charge is 2.06. The minimum Gasteiger partial charge on any atom is -0.469 e. The van der Waals surface area contributed by atoms with Gasteiger partial charge in [-0.2, -0.15) is 0 Å². The SMILES string of the molecule is Cc1occc1CN(C)Cc1cccc(CNC(C)C)c1. The molecule has 0 aliphatic rings. The number of hydrogen-bond donors (Lipinski definition) is 1. The van der Waals surface area contributed by atoms with Gasteiger partial charge in [0.15, 0.2) is 0 Å². The molecular formula is C18H26N2O. The highest BCUT2D eigenvalue weighted by molar-refractivity contribution is 5.23. The molecular weight excluding hydrogens is 260 g/mol. The van der Waals surface area contributed by atoms with Crippen LogP contribution < -0.4 is 5.32 Å². The second-order valence-electron chi connectivity index (χ2n) is 6.03. The van der Waals surface area contributed by atoms with E-state index in [4.69, 9.17) is 4.42 Å². The molecule has 0 fully saturated rings. The first kappa shape index (κ1) is 15.8. The van der Waals surface area contributed by atoms with Gasteiger partial charge in [-0.05, 0) is 31.2 Å². The number of rotatable bonds is 7. The summed E-state index contributed by atoms with van der Waals surface area (Å²) in [6.45, 7) is 9.14. The first-order valence-electron chi connectivity index (χ1n) is 7.57. The maximum Gasteiger partial charge on any atom is 0.105 e. The Balaban J connectivity index is 1.92. The van der Waals surface area contributed by atoms with Crippen LogP contribution in [-0.2, 0) is 19.6 Å². The van der Waals surface area contributed by atoms with Gasteiger partial charge < -0.3 is 9.73 Å². The van der Waals surface area contributed by atoms with Crippen LogP contribution in [0.25, 0.3) is 0 Å². The van der Waals surface area contributed by atoms with E-state index in [-0.39, 0.29) is 0 Å². The fourth-order valence-corrected chi connectivity index (χ4v) is 2.39. The van der Waals surface area contributed by atoms with Crippen LogP contribution >= 0.6 is 0 Å². The van der Waals surface area contributed by atoms with E-state index < -0.39 is 0 Å². The molecule has 0 amide bonds. The largest absolute Gasteiger partial charge is 0.469 e. The van der Waals surface area contributed by atoms with Crippen LogP contribution in [0.15, 0.2) is 41.0 Å². The molecule has 2 aromatic rings. The lowest BCUT2D eigenvalue weighted by molar-refractivity contribution is 0.316. The van der Waals surface area contributed by atoms with E-state index >= 15 is 0 Å². The van der Waals surface area contributed by atoms with Crippen LogP contribution in [0, 0.1) is 6.92 Å². The zero-order chi connectivity index (χ0) is 15.2. The Kier molecular flexibility index (Phi) is 5.59. The molecule has 114 valence electrons. The second-order valence-corrected chi connectivity index (χ2v) is 6.03. The molecule has 0 saturated heterocycles. The van der Waals surface area contributed by atoms with Gasteiger partial charge in [0.1, 0.15) is 5.76 Å². The third kappa shape index (κ3) is 5.03. The molecule has 2 rings (SSSR count). The highest BCUT2D eigenvalue weighted by atomic mass is 16.3. The Morgan fingerprint density at radius 3 is 2.57 bits per heavy atom. The zero-order valence-corrected chi connectivity index (χ0v) is 13.5. The summed E-state index contributed by atoms with van der Waals surface area (Å²) in [6, 6.07) is 11.4. The van der Waals surface area contributed by atoms with E-state index in [1.54, 1.807) is 6.26 Å². The summed E-state index contributed by atoms with van der Waals surface area (Å²) in [5, 5.41) is 3.46. The number of furan rings is 1. The predicted molar refractivity (Wildman–Crippen MR) is 87.0 cm³/mol. The highest BCUT2D eigenvalue weighted by Crippen LogP contribution is 2.14. The normalized spacial score (nSPS) is 11.5. The third-order valence-electron chi connectivity index (χ3n) is 3.56. The topological polar surface area (TPSA) is 28.4 Å². The van der Waals surface area contributed by atoms with Crippen molar-refractivity contribution in [3.63, 3.8) is 0 Å². The monoisotopic (exact) mass is 286 g/mol. The lowest BCUT2D eigenvalue weighted by Crippen LogP contribution is -2.22. The summed E-state index contributed by atoms with van der Waals surface area (Å²) in [5.41, 5.74) is 3.95. The molecule has 0 spiro atoms. The first-order chi connectivity index (χ1) is 10.0. The minimum absolute atomic E-state index is 0.514. The average molecular weight is 286 g/mol. The van der Waals surface area contributed by atoms with Crippen molar-refractivity contribution in [2.75, 3.05) is 7.05 Å². The van der Waals surface area contributed by atoms with Crippen LogP contribution in [0.1, 0.15) is 36.3 Å². The third-order valence-corrected chi connectivity index (χ3v) is 3.56. The van der Waals surface area contributed by atoms with Crippen molar-refractivity contribution in [1.82, 2.24) is 10.2 Å². The van der Waals surface area contributed by atoms with E-state index in [2.05, 4.69) is 61.4 Å². The lowest BCUT2D eigenvalue weighted by Gasteiger charge is -2.17. The Labute approximate surface area is 128 Å². The molecule has 0 aliphatic heterocycles. The minimum atomic E-state index is 0.514. The van der Waals surface area contributed by atoms with Crippen LogP contribution in [-0.4, -0.2) is 18.0 Å². The fraction of sp³-hybridized carbons (Fsp3) is 0.444. The Morgan fingerprint density at radius 1 is 1.14 bits per heavy atom. The zero-order valence-electron chi connectivity index (χ0n) is 13.5. The Hall–Kier alpha value is -1.58. The van der Waals surface area contributed by atoms with Crippen LogP contribution in [0.2, 0.25) is 0 Å². The quantitative estimate of drug-likeness (QED) is 0.841. The smallest absolute Gasteiger partial charge is 0.105 e. The van der Waals surface area contributed by atoms with Gasteiger partial charge in [-0.15, -0.1) is 0 Å². The summed E-state index contributed by atoms with van der Waals surface area (Å²) >= 11 is 0. The van der Waals surface area contributed by atoms with Gasteiger partial charge in [0.05, 0.1) is 6.26 Å². The maximum absolute atomic E-state index is 5.35. The molecule has 21 heavy (non-hydrogen) atoms. The molecule has 0 unspecified atom stereocenters. The number of benzene rings is 1. The van der Waals surface area contributed by atoms with E-state index in [9.17, 15) is 0 Å². The number of aryl methyl sites for hydroxylation is 1.